The van der Waals surface area contributed by atoms with E-state index >= 15 is 0 Å². The van der Waals surface area contributed by atoms with Crippen LogP contribution in [0.25, 0.3) is 0 Å². The van der Waals surface area contributed by atoms with Gasteiger partial charge in [-0.2, -0.15) is 0 Å². The van der Waals surface area contributed by atoms with Crippen molar-refractivity contribution >= 4 is 17.6 Å². The molecular weight excluding hydrogens is 244 g/mol. The number of esters is 1. The van der Waals surface area contributed by atoms with E-state index in [1.807, 2.05) is 0 Å². The molecule has 1 rings (SSSR count). The number of methoxy groups -OCH3 is 2. The molecule has 1 aromatic heterocycles. The van der Waals surface area contributed by atoms with E-state index in [4.69, 9.17) is 16.3 Å². The topological polar surface area (TPSA) is 48.4 Å². The second kappa shape index (κ2) is 5.07. The van der Waals surface area contributed by atoms with Crippen LogP contribution >= 0.6 is 11.6 Å². The van der Waals surface area contributed by atoms with Crippen molar-refractivity contribution < 1.29 is 23.0 Å². The summed E-state index contributed by atoms with van der Waals surface area (Å²) in [6.07, 6.45) is -1.95. The molecule has 0 spiro atoms. The number of carbonyl (C=O) groups is 1. The van der Waals surface area contributed by atoms with Crippen LogP contribution < -0.4 is 4.74 Å². The second-order valence-corrected chi connectivity index (χ2v) is 3.08. The van der Waals surface area contributed by atoms with E-state index in [1.54, 1.807) is 0 Å². The quantitative estimate of drug-likeness (QED) is 0.775. The highest BCUT2D eigenvalue weighted by molar-refractivity contribution is 6.34. The van der Waals surface area contributed by atoms with E-state index in [0.717, 1.165) is 13.3 Å². The molecule has 0 saturated carbocycles. The Morgan fingerprint density at radius 1 is 1.50 bits per heavy atom. The lowest BCUT2D eigenvalue weighted by molar-refractivity contribution is 0.0593. The molecule has 16 heavy (non-hydrogen) atoms. The van der Waals surface area contributed by atoms with Crippen LogP contribution in [0.4, 0.5) is 8.78 Å². The van der Waals surface area contributed by atoms with Crippen molar-refractivity contribution in [3.63, 3.8) is 0 Å². The molecule has 0 atom stereocenters. The van der Waals surface area contributed by atoms with Crippen LogP contribution in [0.5, 0.6) is 5.75 Å². The van der Waals surface area contributed by atoms with Crippen molar-refractivity contribution in [1.82, 2.24) is 4.98 Å². The molecule has 0 unspecified atom stereocenters. The zero-order valence-corrected chi connectivity index (χ0v) is 9.22. The molecule has 0 aromatic carbocycles. The maximum absolute atomic E-state index is 12.5. The third-order valence-electron chi connectivity index (χ3n) is 1.82. The van der Waals surface area contributed by atoms with Gasteiger partial charge in [0.15, 0.2) is 5.69 Å². The Balaban J connectivity index is 3.34. The molecule has 4 nitrogen and oxygen atoms in total. The predicted octanol–water partition coefficient (Wildman–Crippen LogP) is 2.47. The van der Waals surface area contributed by atoms with Crippen LogP contribution in [0, 0.1) is 0 Å². The minimum atomic E-state index is -2.79. The number of hydrogen-bond acceptors (Lipinski definition) is 4. The first-order chi connectivity index (χ1) is 7.52. The average molecular weight is 252 g/mol. The third-order valence-corrected chi connectivity index (χ3v) is 2.17. The highest BCUT2D eigenvalue weighted by Crippen LogP contribution is 2.36. The van der Waals surface area contributed by atoms with Gasteiger partial charge in [-0.3, -0.25) is 0 Å². The van der Waals surface area contributed by atoms with Crippen molar-refractivity contribution in [2.24, 2.45) is 0 Å². The summed E-state index contributed by atoms with van der Waals surface area (Å²) in [5, 5.41) is -0.285. The van der Waals surface area contributed by atoms with Gasteiger partial charge in [0.1, 0.15) is 10.8 Å². The highest BCUT2D eigenvalue weighted by atomic mass is 35.5. The number of carbonyl (C=O) groups excluding carboxylic acids is 1. The predicted molar refractivity (Wildman–Crippen MR) is 52.1 cm³/mol. The zero-order chi connectivity index (χ0) is 12.3. The van der Waals surface area contributed by atoms with Gasteiger partial charge in [0.05, 0.1) is 19.8 Å². The van der Waals surface area contributed by atoms with Gasteiger partial charge in [-0.15, -0.1) is 0 Å². The fourth-order valence-corrected chi connectivity index (χ4v) is 1.40. The van der Waals surface area contributed by atoms with Gasteiger partial charge in [0, 0.05) is 6.20 Å². The summed E-state index contributed by atoms with van der Waals surface area (Å²) in [6.45, 7) is 0. The maximum atomic E-state index is 12.5. The van der Waals surface area contributed by atoms with Crippen LogP contribution in [0.3, 0.4) is 0 Å². The van der Waals surface area contributed by atoms with Crippen LogP contribution in [-0.4, -0.2) is 25.2 Å². The average Bonchev–Trinajstić information content (AvgIpc) is 2.27. The Labute approximate surface area is 95.1 Å². The van der Waals surface area contributed by atoms with E-state index < -0.39 is 18.0 Å². The summed E-state index contributed by atoms with van der Waals surface area (Å²) in [5.41, 5.74) is -0.731. The number of hydrogen-bond donors (Lipinski definition) is 0. The molecule has 0 aliphatic heterocycles. The fraction of sp³-hybridized carbons (Fsp3) is 0.333. The Kier molecular flexibility index (Phi) is 4.00. The summed E-state index contributed by atoms with van der Waals surface area (Å²) in [7, 11) is 2.31. The normalized spacial score (nSPS) is 10.4. The van der Waals surface area contributed by atoms with E-state index in [-0.39, 0.29) is 16.5 Å². The van der Waals surface area contributed by atoms with Crippen LogP contribution in [0.2, 0.25) is 5.02 Å². The summed E-state index contributed by atoms with van der Waals surface area (Å²) in [4.78, 5) is 14.7. The number of aromatic nitrogens is 1. The van der Waals surface area contributed by atoms with Gasteiger partial charge >= 0.3 is 5.97 Å². The first kappa shape index (κ1) is 12.6. The van der Waals surface area contributed by atoms with Crippen molar-refractivity contribution in [3.8, 4) is 5.75 Å². The number of alkyl halides is 2. The van der Waals surface area contributed by atoms with E-state index in [1.165, 1.54) is 7.11 Å². The largest absolute Gasteiger partial charge is 0.495 e. The van der Waals surface area contributed by atoms with Gasteiger partial charge < -0.3 is 9.47 Å². The van der Waals surface area contributed by atoms with Crippen molar-refractivity contribution in [2.75, 3.05) is 14.2 Å². The highest BCUT2D eigenvalue weighted by Gasteiger charge is 2.23. The van der Waals surface area contributed by atoms with Crippen LogP contribution in [0.15, 0.2) is 6.20 Å². The number of ether oxygens (including phenoxy) is 2. The maximum Gasteiger partial charge on any atom is 0.358 e. The Morgan fingerprint density at radius 3 is 2.56 bits per heavy atom. The molecule has 0 bridgehead atoms. The van der Waals surface area contributed by atoms with Crippen LogP contribution in [-0.2, 0) is 4.74 Å². The monoisotopic (exact) mass is 251 g/mol. The minimum absolute atomic E-state index is 0.259. The lowest BCUT2D eigenvalue weighted by Crippen LogP contribution is -2.07. The van der Waals surface area contributed by atoms with Crippen LogP contribution in [0.1, 0.15) is 22.5 Å². The Morgan fingerprint density at radius 2 is 2.12 bits per heavy atom. The lowest BCUT2D eigenvalue weighted by Gasteiger charge is -2.11. The molecule has 0 radical (unpaired) electrons. The smallest absolute Gasteiger partial charge is 0.358 e. The van der Waals surface area contributed by atoms with Crippen molar-refractivity contribution in [2.45, 2.75) is 6.43 Å². The first-order valence-corrected chi connectivity index (χ1v) is 4.49. The Hall–Kier alpha value is -1.43. The molecular formula is C9H8ClF2NO3. The van der Waals surface area contributed by atoms with Crippen molar-refractivity contribution in [1.29, 1.82) is 0 Å². The van der Waals surface area contributed by atoms with Gasteiger partial charge in [-0.1, -0.05) is 11.6 Å². The summed E-state index contributed by atoms with van der Waals surface area (Å²) < 4.78 is 34.1. The molecule has 88 valence electrons. The number of rotatable bonds is 3. The third kappa shape index (κ3) is 2.21. The molecule has 0 N–H and O–H groups in total. The van der Waals surface area contributed by atoms with Crippen molar-refractivity contribution in [3.05, 3.63) is 22.5 Å². The molecule has 0 fully saturated rings. The molecule has 0 saturated heterocycles. The number of pyridine rings is 1. The Bertz CT molecular complexity index is 412. The number of nitrogens with zero attached hydrogens (tertiary/aromatic N) is 1. The van der Waals surface area contributed by atoms with Gasteiger partial charge in [0.25, 0.3) is 6.43 Å². The first-order valence-electron chi connectivity index (χ1n) is 4.11. The fourth-order valence-electron chi connectivity index (χ4n) is 1.09. The van der Waals surface area contributed by atoms with E-state index in [2.05, 4.69) is 9.72 Å². The zero-order valence-electron chi connectivity index (χ0n) is 8.46. The van der Waals surface area contributed by atoms with E-state index in [9.17, 15) is 13.6 Å². The summed E-state index contributed by atoms with van der Waals surface area (Å²) in [5.74, 6) is -1.09. The molecule has 1 heterocycles. The minimum Gasteiger partial charge on any atom is -0.495 e. The van der Waals surface area contributed by atoms with E-state index in [0.29, 0.717) is 0 Å². The molecule has 0 amide bonds. The molecule has 1 aromatic rings. The standard InChI is InChI=1S/C9H8ClF2NO3/c1-15-7-4(8(11)12)3-13-6(5(7)10)9(14)16-2/h3,8H,1-2H3. The van der Waals surface area contributed by atoms with Gasteiger partial charge in [-0.25, -0.2) is 18.6 Å². The molecule has 7 heteroatoms. The second-order valence-electron chi connectivity index (χ2n) is 2.70. The summed E-state index contributed by atoms with van der Waals surface area (Å²) >= 11 is 5.71. The van der Waals surface area contributed by atoms with Gasteiger partial charge in [-0.05, 0) is 0 Å². The summed E-state index contributed by atoms with van der Waals surface area (Å²) in [6, 6.07) is 0. The lowest BCUT2D eigenvalue weighted by atomic mass is 10.2. The SMILES string of the molecule is COC(=O)c1ncc(C(F)F)c(OC)c1Cl. The number of halogens is 3. The molecule has 0 aliphatic rings. The van der Waals surface area contributed by atoms with Gasteiger partial charge in [0.2, 0.25) is 0 Å². The molecule has 0 aliphatic carbocycles.